The van der Waals surface area contributed by atoms with Crippen LogP contribution in [0.15, 0.2) is 54.7 Å². The van der Waals surface area contributed by atoms with Gasteiger partial charge in [0.2, 0.25) is 0 Å². The van der Waals surface area contributed by atoms with Crippen LogP contribution < -0.4 is 4.74 Å². The lowest BCUT2D eigenvalue weighted by molar-refractivity contribution is -0.137. The number of ether oxygens (including phenoxy) is 1. The summed E-state index contributed by atoms with van der Waals surface area (Å²) < 4.78 is 43.3. The number of hydrogen-bond donors (Lipinski definition) is 1. The van der Waals surface area contributed by atoms with Crippen LogP contribution in [0.2, 0.25) is 0 Å². The van der Waals surface area contributed by atoms with E-state index >= 15 is 0 Å². The lowest BCUT2D eigenvalue weighted by atomic mass is 10.1. The van der Waals surface area contributed by atoms with Crippen molar-refractivity contribution in [2.45, 2.75) is 6.18 Å². The first-order chi connectivity index (χ1) is 11.3. The molecule has 122 valence electrons. The smallest absolute Gasteiger partial charge is 0.416 e. The highest BCUT2D eigenvalue weighted by atomic mass is 19.4. The van der Waals surface area contributed by atoms with E-state index in [1.165, 1.54) is 30.5 Å². The fraction of sp³-hybridized carbons (Fsp3) is 0.0588. The summed E-state index contributed by atoms with van der Waals surface area (Å²) in [5.41, 5.74) is -0.262. The predicted molar refractivity (Wildman–Crippen MR) is 80.2 cm³/mol. The van der Waals surface area contributed by atoms with Crippen molar-refractivity contribution in [3.05, 3.63) is 65.9 Å². The van der Waals surface area contributed by atoms with Crippen LogP contribution in [0.4, 0.5) is 13.2 Å². The van der Waals surface area contributed by atoms with Gasteiger partial charge < -0.3 is 9.84 Å². The van der Waals surface area contributed by atoms with Crippen molar-refractivity contribution in [1.29, 1.82) is 0 Å². The fourth-order valence-electron chi connectivity index (χ4n) is 2.18. The van der Waals surface area contributed by atoms with Crippen molar-refractivity contribution in [3.8, 4) is 11.5 Å². The molecule has 0 fully saturated rings. The molecule has 0 unspecified atom stereocenters. The number of nitrogens with zero attached hydrogens (tertiary/aromatic N) is 1. The minimum Gasteiger partial charge on any atom is -0.478 e. The number of carboxylic acids is 1. The van der Waals surface area contributed by atoms with Crippen LogP contribution in [0.5, 0.6) is 11.5 Å². The Bertz CT molecular complexity index is 905. The van der Waals surface area contributed by atoms with Gasteiger partial charge in [-0.3, -0.25) is 4.98 Å². The number of carboxylic acid groups (broad SMARTS) is 1. The van der Waals surface area contributed by atoms with E-state index in [9.17, 15) is 18.0 Å². The second-order valence-electron chi connectivity index (χ2n) is 4.97. The molecule has 0 aliphatic carbocycles. The topological polar surface area (TPSA) is 59.4 Å². The van der Waals surface area contributed by atoms with Gasteiger partial charge in [0, 0.05) is 11.6 Å². The van der Waals surface area contributed by atoms with E-state index in [0.29, 0.717) is 16.7 Å². The third kappa shape index (κ3) is 3.15. The number of hydrogen-bond acceptors (Lipinski definition) is 3. The molecular formula is C17H10F3NO3. The van der Waals surface area contributed by atoms with E-state index in [1.54, 1.807) is 12.1 Å². The van der Waals surface area contributed by atoms with Crippen molar-refractivity contribution >= 4 is 16.9 Å². The van der Waals surface area contributed by atoms with Crippen LogP contribution in [0.3, 0.4) is 0 Å². The second-order valence-corrected chi connectivity index (χ2v) is 4.97. The van der Waals surface area contributed by atoms with Crippen LogP contribution in [0.1, 0.15) is 15.9 Å². The number of halogens is 3. The van der Waals surface area contributed by atoms with Crippen LogP contribution in [0.25, 0.3) is 10.9 Å². The van der Waals surface area contributed by atoms with Crippen molar-refractivity contribution in [2.24, 2.45) is 0 Å². The highest BCUT2D eigenvalue weighted by Gasteiger charge is 2.30. The van der Waals surface area contributed by atoms with Gasteiger partial charge in [-0.25, -0.2) is 4.79 Å². The minimum absolute atomic E-state index is 0.0849. The maximum atomic E-state index is 12.6. The molecule has 0 aliphatic heterocycles. The zero-order valence-corrected chi connectivity index (χ0v) is 12.0. The first-order valence-corrected chi connectivity index (χ1v) is 6.82. The molecule has 1 heterocycles. The number of alkyl halides is 3. The Balaban J connectivity index is 1.94. The molecule has 3 rings (SSSR count). The molecule has 24 heavy (non-hydrogen) atoms. The molecule has 0 spiro atoms. The quantitative estimate of drug-likeness (QED) is 0.752. The zero-order chi connectivity index (χ0) is 17.3. The van der Waals surface area contributed by atoms with Crippen molar-refractivity contribution in [3.63, 3.8) is 0 Å². The summed E-state index contributed by atoms with van der Waals surface area (Å²) in [6.07, 6.45) is -2.97. The number of carbonyl (C=O) groups is 1. The Kier molecular flexibility index (Phi) is 3.84. The molecule has 7 heteroatoms. The maximum absolute atomic E-state index is 12.6. The Morgan fingerprint density at radius 2 is 1.75 bits per heavy atom. The molecule has 1 aromatic heterocycles. The molecule has 0 radical (unpaired) electrons. The summed E-state index contributed by atoms with van der Waals surface area (Å²) in [6, 6.07) is 10.2. The summed E-state index contributed by atoms with van der Waals surface area (Å²) in [5.74, 6) is -0.470. The van der Waals surface area contributed by atoms with Gasteiger partial charge >= 0.3 is 12.1 Å². The molecule has 0 aliphatic rings. The summed E-state index contributed by atoms with van der Waals surface area (Å²) in [6.45, 7) is 0. The highest BCUT2D eigenvalue weighted by molar-refractivity contribution is 5.94. The molecule has 3 aromatic rings. The fourth-order valence-corrected chi connectivity index (χ4v) is 2.18. The number of aromatic nitrogens is 1. The Morgan fingerprint density at radius 1 is 1.04 bits per heavy atom. The van der Waals surface area contributed by atoms with Crippen molar-refractivity contribution in [1.82, 2.24) is 4.98 Å². The van der Waals surface area contributed by atoms with Gasteiger partial charge in [-0.15, -0.1) is 0 Å². The van der Waals surface area contributed by atoms with Crippen LogP contribution >= 0.6 is 0 Å². The second kappa shape index (κ2) is 5.84. The lowest BCUT2D eigenvalue weighted by Gasteiger charge is -2.10. The van der Waals surface area contributed by atoms with Gasteiger partial charge in [0.15, 0.2) is 0 Å². The summed E-state index contributed by atoms with van der Waals surface area (Å²) >= 11 is 0. The van der Waals surface area contributed by atoms with Crippen molar-refractivity contribution < 1.29 is 27.8 Å². The number of aromatic carboxylic acids is 1. The first kappa shape index (κ1) is 15.8. The summed E-state index contributed by atoms with van der Waals surface area (Å²) in [5, 5.41) is 9.55. The van der Waals surface area contributed by atoms with E-state index in [-0.39, 0.29) is 11.3 Å². The largest absolute Gasteiger partial charge is 0.478 e. The average Bonchev–Trinajstić information content (AvgIpc) is 2.54. The van der Waals surface area contributed by atoms with Crippen LogP contribution in [0, 0.1) is 0 Å². The predicted octanol–water partition coefficient (Wildman–Crippen LogP) is 4.74. The monoisotopic (exact) mass is 333 g/mol. The maximum Gasteiger partial charge on any atom is 0.416 e. The van der Waals surface area contributed by atoms with E-state index < -0.39 is 17.7 Å². The third-order valence-corrected chi connectivity index (χ3v) is 3.36. The molecule has 0 saturated carbocycles. The van der Waals surface area contributed by atoms with Crippen LogP contribution in [-0.2, 0) is 6.18 Å². The van der Waals surface area contributed by atoms with Gasteiger partial charge in [0.05, 0.1) is 16.6 Å². The van der Waals surface area contributed by atoms with Crippen molar-refractivity contribution in [2.75, 3.05) is 0 Å². The minimum atomic E-state index is -4.41. The van der Waals surface area contributed by atoms with Gasteiger partial charge in [-0.2, -0.15) is 13.2 Å². The Labute approximate surface area is 134 Å². The molecule has 4 nitrogen and oxygen atoms in total. The number of pyridine rings is 1. The molecular weight excluding hydrogens is 323 g/mol. The SMILES string of the molecule is O=C(O)c1ccc2c(Oc3ccc(C(F)(F)F)cc3)ccnc2c1. The molecule has 0 atom stereocenters. The van der Waals surface area contributed by atoms with Gasteiger partial charge in [0.1, 0.15) is 11.5 Å². The van der Waals surface area contributed by atoms with Gasteiger partial charge in [0.25, 0.3) is 0 Å². The van der Waals surface area contributed by atoms with Crippen LogP contribution in [-0.4, -0.2) is 16.1 Å². The van der Waals surface area contributed by atoms with E-state index in [1.807, 2.05) is 0 Å². The van der Waals surface area contributed by atoms with E-state index in [0.717, 1.165) is 12.1 Å². The standard InChI is InChI=1S/C17H10F3NO3/c18-17(19,20)11-2-4-12(5-3-11)24-15-7-8-21-14-9-10(16(22)23)1-6-13(14)15/h1-9H,(H,22,23). The molecule has 2 aromatic carbocycles. The van der Waals surface area contributed by atoms with E-state index in [4.69, 9.17) is 9.84 Å². The first-order valence-electron chi connectivity index (χ1n) is 6.82. The molecule has 1 N–H and O–H groups in total. The number of rotatable bonds is 3. The zero-order valence-electron chi connectivity index (χ0n) is 12.0. The Hall–Kier alpha value is -3.09. The van der Waals surface area contributed by atoms with Gasteiger partial charge in [-0.05, 0) is 48.5 Å². The average molecular weight is 333 g/mol. The summed E-state index contributed by atoms with van der Waals surface area (Å²) in [4.78, 5) is 15.1. The highest BCUT2D eigenvalue weighted by Crippen LogP contribution is 2.33. The molecule has 0 saturated heterocycles. The third-order valence-electron chi connectivity index (χ3n) is 3.36. The number of fused-ring (bicyclic) bond motifs is 1. The molecule has 0 amide bonds. The molecule has 0 bridgehead atoms. The van der Waals surface area contributed by atoms with E-state index in [2.05, 4.69) is 4.98 Å². The van der Waals surface area contributed by atoms with Gasteiger partial charge in [-0.1, -0.05) is 0 Å². The lowest BCUT2D eigenvalue weighted by Crippen LogP contribution is -2.04. The summed E-state index contributed by atoms with van der Waals surface area (Å²) in [7, 11) is 0. The Morgan fingerprint density at radius 3 is 2.38 bits per heavy atom. The number of benzene rings is 2. The normalized spacial score (nSPS) is 11.5.